The number of aromatic nitrogens is 14. The summed E-state index contributed by atoms with van der Waals surface area (Å²) < 4.78 is 9.44. The predicted octanol–water partition coefficient (Wildman–Crippen LogP) is 20.9. The lowest BCUT2D eigenvalue weighted by Crippen LogP contribution is -2.32. The number of ether oxygens (including phenoxy) is 1. The van der Waals surface area contributed by atoms with Gasteiger partial charge in [0.1, 0.15) is 17.1 Å². The number of carbonyl (C=O) groups is 2. The van der Waals surface area contributed by atoms with Crippen LogP contribution in [0.3, 0.4) is 0 Å². The second kappa shape index (κ2) is 60.2. The number of esters is 1. The summed E-state index contributed by atoms with van der Waals surface area (Å²) in [5, 5.41) is 54.4. The molecule has 14 aromatic rings. The quantitative estimate of drug-likeness (QED) is 0.00536. The van der Waals surface area contributed by atoms with Crippen molar-refractivity contribution in [1.29, 1.82) is 0 Å². The number of carboxylic acids is 1. The summed E-state index contributed by atoms with van der Waals surface area (Å²) in [6.45, 7) is 1.69. The highest BCUT2D eigenvalue weighted by Gasteiger charge is 2.20. The Kier molecular flexibility index (Phi) is 52.1. The smallest absolute Gasteiger partial charge is 0.305 e. The summed E-state index contributed by atoms with van der Waals surface area (Å²) in [5.74, 6) is -2.07. The lowest BCUT2D eigenvalue weighted by Gasteiger charge is -2.07. The van der Waals surface area contributed by atoms with Crippen molar-refractivity contribution in [3.63, 3.8) is 0 Å². The van der Waals surface area contributed by atoms with Crippen LogP contribution < -0.4 is 24.8 Å². The fourth-order valence-corrected chi connectivity index (χ4v) is 10.5. The van der Waals surface area contributed by atoms with Crippen LogP contribution in [-0.4, -0.2) is 121 Å². The first-order chi connectivity index (χ1) is 55.9. The van der Waals surface area contributed by atoms with Gasteiger partial charge in [0, 0.05) is 163 Å². The summed E-state index contributed by atoms with van der Waals surface area (Å²) in [7, 11) is 1.42. The lowest BCUT2D eigenvalue weighted by atomic mass is 10.2. The highest BCUT2D eigenvalue weighted by atomic mass is 79.9. The number of anilines is 2. The molecule has 14 rings (SSSR count). The highest BCUT2D eigenvalue weighted by Crippen LogP contribution is 2.51. The van der Waals surface area contributed by atoms with Crippen LogP contribution in [0.1, 0.15) is 75.1 Å². The van der Waals surface area contributed by atoms with Crippen molar-refractivity contribution in [3.8, 4) is 79.7 Å². The maximum atomic E-state index is 11.0. The Morgan fingerprint density at radius 3 is 1.08 bits per heavy atom. The second-order valence-corrected chi connectivity index (χ2v) is 30.3. The maximum absolute atomic E-state index is 11.0. The Bertz CT molecular complexity index is 5130. The predicted molar refractivity (Wildman–Crippen MR) is 482 cm³/mol. The van der Waals surface area contributed by atoms with E-state index in [1.165, 1.54) is 25.4 Å². The van der Waals surface area contributed by atoms with E-state index < -0.39 is 16.9 Å². The van der Waals surface area contributed by atoms with E-state index in [2.05, 4.69) is 102 Å². The zero-order valence-electron chi connectivity index (χ0n) is 62.9. The minimum Gasteiger partial charge on any atom is -0.481 e. The monoisotopic (exact) mass is 1830 g/mol. The molecule has 120 heavy (non-hydrogen) atoms. The fraction of sp³-hybridized carbons (Fsp3) is 0.163. The van der Waals surface area contributed by atoms with E-state index in [1.807, 2.05) is 182 Å². The van der Waals surface area contributed by atoms with Gasteiger partial charge in [-0.2, -0.15) is 0 Å². The Labute approximate surface area is 733 Å². The number of carbonyl (C=O) groups excluding carboxylic acids is 1. The molecular weight excluding hydrogens is 1740 g/mol. The summed E-state index contributed by atoms with van der Waals surface area (Å²) in [6, 6.07) is 68.3. The van der Waals surface area contributed by atoms with Gasteiger partial charge in [-0.3, -0.25) is 79.9 Å². The minimum atomic E-state index is -1.20. The zero-order chi connectivity index (χ0) is 82.0. The molecule has 0 atom stereocenters. The van der Waals surface area contributed by atoms with E-state index in [0.717, 1.165) is 143 Å². The topological polar surface area (TPSA) is 345 Å². The number of unbranched alkanes of at least 4 members (excludes halogenated alkanes) is 4. The van der Waals surface area contributed by atoms with Gasteiger partial charge in [0.15, 0.2) is 5.98 Å². The number of aliphatic carboxylic acids is 1. The number of nitrogens with zero attached hydrogens (tertiary/aromatic N) is 15. The molecule has 0 bridgehead atoms. The van der Waals surface area contributed by atoms with Crippen molar-refractivity contribution in [2.45, 2.75) is 73.6 Å². The van der Waals surface area contributed by atoms with E-state index in [-0.39, 0.29) is 60.6 Å². The first kappa shape index (κ1) is 104. The number of methoxy groups -OCH3 is 1. The van der Waals surface area contributed by atoms with Crippen molar-refractivity contribution in [2.24, 2.45) is 0 Å². The first-order valence-corrected chi connectivity index (χ1v) is 41.0. The molecule has 0 aliphatic heterocycles. The van der Waals surface area contributed by atoms with Crippen LogP contribution in [0.15, 0.2) is 320 Å². The Morgan fingerprint density at radius 1 is 0.408 bits per heavy atom. The van der Waals surface area contributed by atoms with Crippen LogP contribution in [0.4, 0.5) is 21.8 Å². The molecule has 0 amide bonds. The molecule has 0 fully saturated rings. The normalized spacial score (nSPS) is 9.59. The van der Waals surface area contributed by atoms with E-state index in [1.54, 1.807) is 111 Å². The van der Waals surface area contributed by atoms with Crippen LogP contribution in [0.25, 0.3) is 79.7 Å². The van der Waals surface area contributed by atoms with Crippen molar-refractivity contribution in [2.75, 3.05) is 30.8 Å². The third kappa shape index (κ3) is 39.8. The molecule has 625 valence electrons. The number of rotatable bonds is 22. The molecule has 0 aliphatic rings. The SMILES string of the molecule is Brc1ccnc(-c2ccccn2)c1.C.C.C.COC(=O)CCCCCNc1ccnc(-c2ccccn2)c1.ClP(Cl)Cl.F.O=C(O)CCCCCNc1ccnc(-c2ccccn2)c1.O=[N+]([O-])c1cc[n+](O)c(-c2ccccn2)c1.O[n+]1ccc(Br)cc1-c1ccccn1.O[n+]1ccccc1-c1ccccn1.[2HH].[B].c1ccc(-c2ccccn2)nc1. The first-order valence-electron chi connectivity index (χ1n) is 35.3. The Morgan fingerprint density at radius 2 is 0.725 bits per heavy atom. The van der Waals surface area contributed by atoms with Crippen LogP contribution >= 0.6 is 71.6 Å². The van der Waals surface area contributed by atoms with E-state index in [4.69, 9.17) is 38.8 Å². The summed E-state index contributed by atoms with van der Waals surface area (Å²) >= 11 is 21.3. The fourth-order valence-electron chi connectivity index (χ4n) is 9.82. The van der Waals surface area contributed by atoms with Crippen molar-refractivity contribution >= 4 is 109 Å². The molecule has 0 spiro atoms. The van der Waals surface area contributed by atoms with Crippen LogP contribution in [0.5, 0.6) is 0 Å². The van der Waals surface area contributed by atoms with Crippen molar-refractivity contribution < 1.29 is 60.3 Å². The van der Waals surface area contributed by atoms with E-state index in [0.29, 0.717) is 23.5 Å². The Hall–Kier alpha value is -12.3. The van der Waals surface area contributed by atoms with Gasteiger partial charge in [-0.15, -0.1) is 0 Å². The van der Waals surface area contributed by atoms with Gasteiger partial charge >= 0.3 is 11.9 Å². The number of pyridine rings is 14. The molecule has 0 saturated carbocycles. The van der Waals surface area contributed by atoms with Crippen molar-refractivity contribution in [3.05, 3.63) is 330 Å². The van der Waals surface area contributed by atoms with Crippen molar-refractivity contribution in [1.82, 2.24) is 54.8 Å². The third-order valence-corrected chi connectivity index (χ3v) is 16.3. The molecule has 0 aromatic carbocycles. The number of nitrogens with one attached hydrogen (secondary N) is 2. The highest BCUT2D eigenvalue weighted by molar-refractivity contribution is 9.10. The number of hydrogen-bond acceptors (Lipinski definition) is 21. The van der Waals surface area contributed by atoms with Gasteiger partial charge in [-0.05, 0) is 165 Å². The number of carboxylic acid groups (broad SMARTS) is 1. The molecule has 14 aromatic heterocycles. The average Bonchev–Trinajstić information content (AvgIpc) is 0.831. The molecule has 6 N–H and O–H groups in total. The number of nitro groups is 1. The van der Waals surface area contributed by atoms with Gasteiger partial charge in [-0.25, -0.2) is 15.0 Å². The number of halogens is 6. The van der Waals surface area contributed by atoms with Crippen LogP contribution in [-0.2, 0) is 14.3 Å². The standard InChI is InChI=1S/C17H21N3O2.C16H19N3O2.C10H8BrN2O.C10H7BrN2.C10H8N3O3.C10H9N2O.C10H8N2.3CH4.B.Cl3P.FH.H2/c1-22-17(21)8-3-2-5-10-18-14-9-12-20-16(13-14)15-7-4-6-11-19-15;20-16(21)7-2-1-4-9-17-13-8-11-19-15(12-13)14-6-3-5-10-18-14;11-8-4-6-13(14)10(7-8)9-3-1-2-5-12-9;11-8-4-6-13-10(7-8)9-3-1-2-5-12-9;14-12-6-4-8(13(15)16)7-10(12)9-3-1-2-5-11-9;13-12-8-4-2-6-10(12)9-5-1-3-7-11-9;1-3-7-11-9(5-1)10-6-2-4-8-12-10;;;;;1-4(2)3;;/h4,6-7,9,11-13H,2-3,5,8,10H2,1H3,(H,18,20);3,5-6,8,10-12H,1-2,4,7,9H2,(H,17,19)(H,20,21);1-7,14H;1-7H;1-7,14H;1-8,13H;1-8H;3*1H4;;;2*1H/q;;+1;;2*+1;;;;;;;;/i;;;;;;;;;;;;;1+1. The molecule has 0 saturated heterocycles. The number of hydrogen-bond donors (Lipinski definition) is 6. The Balaban J connectivity index is 0.000000701. The molecule has 34 heteroatoms. The molecular formula is C86H95BBr2Cl3FN17O9P+3. The summed E-state index contributed by atoms with van der Waals surface area (Å²) in [5.41, 5.74) is 12.5. The average molecular weight is 1840 g/mol. The van der Waals surface area contributed by atoms with Gasteiger partial charge < -0.3 is 20.5 Å². The third-order valence-electron chi connectivity index (χ3n) is 15.3. The van der Waals surface area contributed by atoms with Gasteiger partial charge in [0.25, 0.3) is 22.8 Å². The minimum absolute atomic E-state index is 0. The second-order valence-electron chi connectivity index (χ2n) is 23.5. The molecule has 0 aliphatic carbocycles. The maximum Gasteiger partial charge on any atom is 0.305 e. The van der Waals surface area contributed by atoms with Gasteiger partial charge in [-0.1, -0.05) is 149 Å². The molecule has 14 heterocycles. The van der Waals surface area contributed by atoms with Crippen LogP contribution in [0.2, 0.25) is 0 Å². The largest absolute Gasteiger partial charge is 0.481 e. The molecule has 3 radical (unpaired) electrons. The van der Waals surface area contributed by atoms with Gasteiger partial charge in [0.2, 0.25) is 18.6 Å². The van der Waals surface area contributed by atoms with E-state index >= 15 is 0 Å². The van der Waals surface area contributed by atoms with E-state index in [9.17, 15) is 35.3 Å². The lowest BCUT2D eigenvalue weighted by molar-refractivity contribution is -0.896. The molecule has 0 unspecified atom stereocenters. The van der Waals surface area contributed by atoms with Gasteiger partial charge in [0.05, 0.1) is 69.7 Å². The summed E-state index contributed by atoms with van der Waals surface area (Å²) in [4.78, 5) is 77.8. The zero-order valence-corrected chi connectivity index (χ0v) is 69.2. The van der Waals surface area contributed by atoms with Crippen LogP contribution in [0, 0.1) is 10.1 Å². The summed E-state index contributed by atoms with van der Waals surface area (Å²) in [6.07, 6.45) is 29.6. The molecule has 26 nitrogen and oxygen atoms in total.